The molecule has 19 heavy (non-hydrogen) atoms. The molecule has 0 bridgehead atoms. The van der Waals surface area contributed by atoms with Gasteiger partial charge >= 0.3 is 0 Å². The molecule has 5 nitrogen and oxygen atoms in total. The Bertz CT molecular complexity index is 685. The van der Waals surface area contributed by atoms with E-state index < -0.39 is 0 Å². The molecule has 3 heterocycles. The lowest BCUT2D eigenvalue weighted by atomic mass is 10.1. The van der Waals surface area contributed by atoms with Gasteiger partial charge in [0.25, 0.3) is 0 Å². The molecule has 0 aliphatic carbocycles. The van der Waals surface area contributed by atoms with Crippen molar-refractivity contribution in [2.75, 3.05) is 6.61 Å². The highest BCUT2D eigenvalue weighted by Gasteiger charge is 2.11. The molecule has 1 N–H and O–H groups in total. The van der Waals surface area contributed by atoms with E-state index in [1.165, 1.54) is 0 Å². The quantitative estimate of drug-likeness (QED) is 0.780. The van der Waals surface area contributed by atoms with Gasteiger partial charge in [-0.3, -0.25) is 0 Å². The third-order valence-corrected chi connectivity index (χ3v) is 3.14. The lowest BCUT2D eigenvalue weighted by Crippen LogP contribution is -2.09. The summed E-state index contributed by atoms with van der Waals surface area (Å²) in [5.41, 5.74) is 3.06. The van der Waals surface area contributed by atoms with Crippen LogP contribution in [0.2, 0.25) is 0 Å². The first-order valence-electron chi connectivity index (χ1n) is 6.38. The average molecular weight is 256 g/mol. The molecule has 0 aliphatic rings. The van der Waals surface area contributed by atoms with Crippen molar-refractivity contribution in [1.29, 1.82) is 0 Å². The molecule has 98 valence electrons. The summed E-state index contributed by atoms with van der Waals surface area (Å²) in [6.45, 7) is 4.64. The molecular formula is C14H16N4O. The molecule has 0 aromatic carbocycles. The summed E-state index contributed by atoms with van der Waals surface area (Å²) in [6, 6.07) is 3.99. The summed E-state index contributed by atoms with van der Waals surface area (Å²) >= 11 is 0. The van der Waals surface area contributed by atoms with E-state index >= 15 is 0 Å². The summed E-state index contributed by atoms with van der Waals surface area (Å²) in [5.74, 6) is 0. The molecule has 3 aromatic rings. The average Bonchev–Trinajstić information content (AvgIpc) is 3.05. The van der Waals surface area contributed by atoms with Crippen LogP contribution in [0, 0.1) is 0 Å². The normalized spacial score (nSPS) is 12.9. The first-order valence-corrected chi connectivity index (χ1v) is 6.38. The van der Waals surface area contributed by atoms with Crippen LogP contribution in [0.4, 0.5) is 0 Å². The van der Waals surface area contributed by atoms with E-state index in [1.54, 1.807) is 6.20 Å². The van der Waals surface area contributed by atoms with Crippen LogP contribution in [0.5, 0.6) is 0 Å². The molecule has 5 heteroatoms. The maximum Gasteiger partial charge on any atom is 0.147 e. The molecular weight excluding hydrogens is 240 g/mol. The van der Waals surface area contributed by atoms with Crippen LogP contribution in [0.3, 0.4) is 0 Å². The Morgan fingerprint density at radius 3 is 3.21 bits per heavy atom. The molecule has 0 saturated heterocycles. The SMILES string of the molecule is CCOC(C)n1cc(-c2c[nH]c3ncccc23)cn1. The molecule has 0 amide bonds. The number of H-pyrrole nitrogens is 1. The Hall–Kier alpha value is -2.14. The number of pyridine rings is 1. The highest BCUT2D eigenvalue weighted by atomic mass is 16.5. The van der Waals surface area contributed by atoms with Crippen molar-refractivity contribution >= 4 is 11.0 Å². The molecule has 1 unspecified atom stereocenters. The van der Waals surface area contributed by atoms with Gasteiger partial charge in [-0.05, 0) is 26.0 Å². The number of hydrogen-bond acceptors (Lipinski definition) is 3. The van der Waals surface area contributed by atoms with Crippen molar-refractivity contribution in [3.8, 4) is 11.1 Å². The maximum atomic E-state index is 5.53. The van der Waals surface area contributed by atoms with E-state index in [0.717, 1.165) is 22.2 Å². The molecule has 0 spiro atoms. The molecule has 1 atom stereocenters. The fourth-order valence-corrected chi connectivity index (χ4v) is 2.19. The van der Waals surface area contributed by atoms with E-state index in [-0.39, 0.29) is 6.23 Å². The Balaban J connectivity index is 1.98. The summed E-state index contributed by atoms with van der Waals surface area (Å²) < 4.78 is 7.35. The zero-order chi connectivity index (χ0) is 13.2. The van der Waals surface area contributed by atoms with Crippen LogP contribution < -0.4 is 0 Å². The maximum absolute atomic E-state index is 5.53. The topological polar surface area (TPSA) is 55.7 Å². The van der Waals surface area contributed by atoms with Crippen molar-refractivity contribution in [3.63, 3.8) is 0 Å². The van der Waals surface area contributed by atoms with Crippen molar-refractivity contribution in [2.45, 2.75) is 20.1 Å². The first kappa shape index (κ1) is 11.9. The van der Waals surface area contributed by atoms with Gasteiger partial charge in [-0.1, -0.05) is 0 Å². The molecule has 0 saturated carbocycles. The number of ether oxygens (including phenoxy) is 1. The molecule has 3 rings (SSSR count). The highest BCUT2D eigenvalue weighted by molar-refractivity contribution is 5.93. The van der Waals surface area contributed by atoms with Crippen LogP contribution in [0.15, 0.2) is 36.9 Å². The summed E-state index contributed by atoms with van der Waals surface area (Å²) in [6.07, 6.45) is 7.54. The van der Waals surface area contributed by atoms with Gasteiger partial charge in [0, 0.05) is 41.7 Å². The van der Waals surface area contributed by atoms with Gasteiger partial charge in [-0.25, -0.2) is 9.67 Å². The van der Waals surface area contributed by atoms with Gasteiger partial charge < -0.3 is 9.72 Å². The van der Waals surface area contributed by atoms with Gasteiger partial charge in [0.2, 0.25) is 0 Å². The number of rotatable bonds is 4. The Kier molecular flexibility index (Phi) is 3.05. The van der Waals surface area contributed by atoms with E-state index in [4.69, 9.17) is 4.74 Å². The van der Waals surface area contributed by atoms with Crippen LogP contribution >= 0.6 is 0 Å². The van der Waals surface area contributed by atoms with Crippen LogP contribution in [0.1, 0.15) is 20.1 Å². The first-order chi connectivity index (χ1) is 9.29. The predicted octanol–water partition coefficient (Wildman–Crippen LogP) is 2.98. The number of fused-ring (bicyclic) bond motifs is 1. The second-order valence-corrected chi connectivity index (χ2v) is 4.37. The monoisotopic (exact) mass is 256 g/mol. The predicted molar refractivity (Wildman–Crippen MR) is 73.7 cm³/mol. The minimum atomic E-state index is -0.0536. The van der Waals surface area contributed by atoms with Gasteiger partial charge in [0.15, 0.2) is 0 Å². The smallest absolute Gasteiger partial charge is 0.147 e. The van der Waals surface area contributed by atoms with Crippen molar-refractivity contribution in [3.05, 3.63) is 36.9 Å². The fourth-order valence-electron chi connectivity index (χ4n) is 2.19. The van der Waals surface area contributed by atoms with Crippen molar-refractivity contribution in [2.24, 2.45) is 0 Å². The third kappa shape index (κ3) is 2.13. The standard InChI is InChI=1S/C14H16N4O/c1-3-19-10(2)18-9-11(7-17-18)13-8-16-14-12(13)5-4-6-15-14/h4-10H,3H2,1-2H3,(H,15,16). The van der Waals surface area contributed by atoms with Gasteiger partial charge in [0.05, 0.1) is 6.20 Å². The fraction of sp³-hybridized carbons (Fsp3) is 0.286. The van der Waals surface area contributed by atoms with E-state index in [0.29, 0.717) is 6.61 Å². The largest absolute Gasteiger partial charge is 0.357 e. The number of aromatic amines is 1. The van der Waals surface area contributed by atoms with Gasteiger partial charge in [-0.2, -0.15) is 5.10 Å². The lowest BCUT2D eigenvalue weighted by molar-refractivity contribution is 0.0160. The zero-order valence-electron chi connectivity index (χ0n) is 11.0. The highest BCUT2D eigenvalue weighted by Crippen LogP contribution is 2.27. The minimum Gasteiger partial charge on any atom is -0.357 e. The number of nitrogens with zero attached hydrogens (tertiary/aromatic N) is 3. The van der Waals surface area contributed by atoms with Crippen LogP contribution in [-0.4, -0.2) is 26.4 Å². The molecule has 0 fully saturated rings. The Morgan fingerprint density at radius 2 is 2.37 bits per heavy atom. The van der Waals surface area contributed by atoms with Gasteiger partial charge in [0.1, 0.15) is 11.9 Å². The summed E-state index contributed by atoms with van der Waals surface area (Å²) in [5, 5.41) is 5.46. The molecule has 0 aliphatic heterocycles. The van der Waals surface area contributed by atoms with Crippen LogP contribution in [0.25, 0.3) is 22.2 Å². The number of aromatic nitrogens is 4. The second kappa shape index (κ2) is 4.85. The zero-order valence-corrected chi connectivity index (χ0v) is 11.0. The lowest BCUT2D eigenvalue weighted by Gasteiger charge is -2.11. The van der Waals surface area contributed by atoms with Crippen molar-refractivity contribution < 1.29 is 4.74 Å². The summed E-state index contributed by atoms with van der Waals surface area (Å²) in [7, 11) is 0. The van der Waals surface area contributed by atoms with Crippen LogP contribution in [-0.2, 0) is 4.74 Å². The molecule has 3 aromatic heterocycles. The number of hydrogen-bond donors (Lipinski definition) is 1. The van der Waals surface area contributed by atoms with Crippen molar-refractivity contribution in [1.82, 2.24) is 19.7 Å². The third-order valence-electron chi connectivity index (χ3n) is 3.14. The summed E-state index contributed by atoms with van der Waals surface area (Å²) in [4.78, 5) is 7.46. The Labute approximate surface area is 111 Å². The second-order valence-electron chi connectivity index (χ2n) is 4.37. The van der Waals surface area contributed by atoms with E-state index in [2.05, 4.69) is 21.1 Å². The van der Waals surface area contributed by atoms with E-state index in [1.807, 2.05) is 43.2 Å². The molecule has 0 radical (unpaired) electrons. The number of nitrogens with one attached hydrogen (secondary N) is 1. The minimum absolute atomic E-state index is 0.0536. The Morgan fingerprint density at radius 1 is 1.47 bits per heavy atom. The van der Waals surface area contributed by atoms with E-state index in [9.17, 15) is 0 Å². The van der Waals surface area contributed by atoms with Gasteiger partial charge in [-0.15, -0.1) is 0 Å².